The molecule has 0 aliphatic carbocycles. The molecule has 1 amide bonds. The standard InChI is InChI=1S/C33H45N3O7S/c1-5-35(6-2)29-14-11-26-22-27(33(38)43-31(26)23-29)12-13-28-15-16-30(44(39,40)41)24-36(28)19-9-7-8-10-32(37)34-18-21-42-20-17-25(3)4/h11-16,22-25H,5-10,17-21H2,1-4H3,(H-,34,37,39,40,41). The topological polar surface area (TPSA) is 133 Å². The quantitative estimate of drug-likeness (QED) is 0.0926. The second kappa shape index (κ2) is 17.1. The van der Waals surface area contributed by atoms with Gasteiger partial charge in [-0.25, -0.2) is 13.2 Å². The fourth-order valence-electron chi connectivity index (χ4n) is 4.74. The Hall–Kier alpha value is -3.54. The second-order valence-electron chi connectivity index (χ2n) is 11.1. The van der Waals surface area contributed by atoms with Crippen LogP contribution in [-0.2, 0) is 26.2 Å². The van der Waals surface area contributed by atoms with Gasteiger partial charge >= 0.3 is 5.63 Å². The van der Waals surface area contributed by atoms with Crippen molar-refractivity contribution in [3.05, 3.63) is 64.3 Å². The molecule has 3 rings (SSSR count). The highest BCUT2D eigenvalue weighted by Gasteiger charge is 2.14. The molecule has 3 aromatic rings. The zero-order valence-corrected chi connectivity index (χ0v) is 27.0. The summed E-state index contributed by atoms with van der Waals surface area (Å²) >= 11 is 0. The molecule has 0 saturated carbocycles. The summed E-state index contributed by atoms with van der Waals surface area (Å²) in [7, 11) is -4.65. The summed E-state index contributed by atoms with van der Waals surface area (Å²) in [4.78, 5) is 26.7. The first kappa shape index (κ1) is 34.9. The number of pyridine rings is 1. The summed E-state index contributed by atoms with van der Waals surface area (Å²) in [6.45, 7) is 12.2. The van der Waals surface area contributed by atoms with Gasteiger partial charge in [0, 0.05) is 68.4 Å². The summed E-state index contributed by atoms with van der Waals surface area (Å²) in [5.74, 6) is 0.548. The molecule has 0 fully saturated rings. The van der Waals surface area contributed by atoms with Gasteiger partial charge in [0.15, 0.2) is 6.20 Å². The highest BCUT2D eigenvalue weighted by atomic mass is 32.2. The third-order valence-electron chi connectivity index (χ3n) is 7.34. The maximum Gasteiger partial charge on any atom is 0.343 e. The van der Waals surface area contributed by atoms with Gasteiger partial charge in [-0.05, 0) is 69.4 Å². The minimum absolute atomic E-state index is 0.0355. The average molecular weight is 628 g/mol. The Balaban J connectivity index is 1.63. The van der Waals surface area contributed by atoms with Gasteiger partial charge in [-0.2, -0.15) is 4.57 Å². The van der Waals surface area contributed by atoms with E-state index in [0.29, 0.717) is 68.3 Å². The largest absolute Gasteiger partial charge is 0.744 e. The van der Waals surface area contributed by atoms with Gasteiger partial charge in [0.1, 0.15) is 27.1 Å². The Bertz CT molecular complexity index is 1580. The normalized spacial score (nSPS) is 12.0. The van der Waals surface area contributed by atoms with E-state index in [-0.39, 0.29) is 10.8 Å². The van der Waals surface area contributed by atoms with Crippen LogP contribution in [0.15, 0.2) is 56.7 Å². The number of aryl methyl sites for hydroxylation is 1. The van der Waals surface area contributed by atoms with Gasteiger partial charge in [-0.3, -0.25) is 4.79 Å². The van der Waals surface area contributed by atoms with E-state index in [0.717, 1.165) is 37.0 Å². The zero-order chi connectivity index (χ0) is 32.1. The maximum absolute atomic E-state index is 12.8. The van der Waals surface area contributed by atoms with Gasteiger partial charge in [-0.1, -0.05) is 13.8 Å². The summed E-state index contributed by atoms with van der Waals surface area (Å²) in [5.41, 5.74) is 1.95. The molecule has 1 N–H and O–H groups in total. The highest BCUT2D eigenvalue weighted by Crippen LogP contribution is 2.22. The monoisotopic (exact) mass is 627 g/mol. The van der Waals surface area contributed by atoms with Crippen LogP contribution in [0.3, 0.4) is 0 Å². The number of hydrogen-bond donors (Lipinski definition) is 1. The highest BCUT2D eigenvalue weighted by molar-refractivity contribution is 7.85. The number of anilines is 1. The zero-order valence-electron chi connectivity index (χ0n) is 26.2. The van der Waals surface area contributed by atoms with Crippen molar-refractivity contribution in [1.82, 2.24) is 5.32 Å². The number of aromatic nitrogens is 1. The molecular weight excluding hydrogens is 582 g/mol. The molecule has 1 aromatic carbocycles. The SMILES string of the molecule is CCN(CC)c1ccc2cc(/C=C/c3ccc(S(=O)(=O)[O-])c[n+]3CCCCCC(=O)NCCOCCC(C)C)c(=O)oc2c1. The number of carbonyl (C=O) groups excluding carboxylic acids is 1. The van der Waals surface area contributed by atoms with Gasteiger partial charge in [0.2, 0.25) is 11.6 Å². The van der Waals surface area contributed by atoms with Crippen molar-refractivity contribution < 1.29 is 31.5 Å². The van der Waals surface area contributed by atoms with E-state index in [2.05, 4.69) is 37.9 Å². The van der Waals surface area contributed by atoms with Crippen LogP contribution in [-0.4, -0.2) is 51.7 Å². The van der Waals surface area contributed by atoms with Gasteiger partial charge in [0.05, 0.1) is 12.2 Å². The van der Waals surface area contributed by atoms with Crippen molar-refractivity contribution in [3.63, 3.8) is 0 Å². The number of ether oxygens (including phenoxy) is 1. The van der Waals surface area contributed by atoms with Crippen LogP contribution in [0.2, 0.25) is 0 Å². The van der Waals surface area contributed by atoms with E-state index in [9.17, 15) is 22.6 Å². The number of nitrogens with one attached hydrogen (secondary N) is 1. The van der Waals surface area contributed by atoms with Crippen LogP contribution in [0.4, 0.5) is 5.69 Å². The fourth-order valence-corrected chi connectivity index (χ4v) is 5.23. The predicted molar refractivity (Wildman–Crippen MR) is 171 cm³/mol. The number of carbonyl (C=O) groups is 1. The first-order valence-corrected chi connectivity index (χ1v) is 16.8. The Kier molecular flexibility index (Phi) is 13.6. The summed E-state index contributed by atoms with van der Waals surface area (Å²) in [6, 6.07) is 10.3. The van der Waals surface area contributed by atoms with Crippen LogP contribution in [0.1, 0.15) is 71.1 Å². The number of unbranched alkanes of at least 4 members (excludes halogenated alkanes) is 2. The Morgan fingerprint density at radius 3 is 2.55 bits per heavy atom. The third-order valence-corrected chi connectivity index (χ3v) is 8.16. The number of nitrogens with zero attached hydrogens (tertiary/aromatic N) is 2. The van der Waals surface area contributed by atoms with Crippen molar-refractivity contribution in [2.75, 3.05) is 37.7 Å². The van der Waals surface area contributed by atoms with Crippen molar-refractivity contribution >= 4 is 44.8 Å². The Morgan fingerprint density at radius 1 is 1.07 bits per heavy atom. The van der Waals surface area contributed by atoms with E-state index < -0.39 is 15.7 Å². The van der Waals surface area contributed by atoms with Crippen LogP contribution >= 0.6 is 0 Å². The number of benzene rings is 1. The second-order valence-corrected chi connectivity index (χ2v) is 12.5. The molecule has 0 atom stereocenters. The predicted octanol–water partition coefficient (Wildman–Crippen LogP) is 4.74. The lowest BCUT2D eigenvalue weighted by Crippen LogP contribution is -2.37. The minimum atomic E-state index is -4.65. The van der Waals surface area contributed by atoms with Crippen molar-refractivity contribution in [3.8, 4) is 0 Å². The number of amides is 1. The smallest absolute Gasteiger partial charge is 0.343 e. The Labute approximate surface area is 260 Å². The first-order chi connectivity index (χ1) is 21.0. The molecule has 10 nitrogen and oxygen atoms in total. The van der Waals surface area contributed by atoms with Crippen LogP contribution in [0.25, 0.3) is 23.1 Å². The number of rotatable bonds is 18. The van der Waals surface area contributed by atoms with E-state index in [4.69, 9.17) is 9.15 Å². The lowest BCUT2D eigenvalue weighted by Gasteiger charge is -2.20. The molecule has 0 unspecified atom stereocenters. The van der Waals surface area contributed by atoms with E-state index in [1.165, 1.54) is 18.3 Å². The van der Waals surface area contributed by atoms with Gasteiger partial charge in [-0.15, -0.1) is 0 Å². The molecule has 240 valence electrons. The van der Waals surface area contributed by atoms with Gasteiger partial charge in [0.25, 0.3) is 0 Å². The molecule has 0 spiro atoms. The molecule has 2 heterocycles. The minimum Gasteiger partial charge on any atom is -0.744 e. The molecule has 11 heteroatoms. The third kappa shape index (κ3) is 10.9. The van der Waals surface area contributed by atoms with Crippen molar-refractivity contribution in [2.45, 2.75) is 71.2 Å². The lowest BCUT2D eigenvalue weighted by molar-refractivity contribution is -0.700. The van der Waals surface area contributed by atoms with E-state index in [1.807, 2.05) is 18.2 Å². The first-order valence-electron chi connectivity index (χ1n) is 15.4. The van der Waals surface area contributed by atoms with Crippen LogP contribution in [0, 0.1) is 5.92 Å². The molecule has 0 radical (unpaired) electrons. The molecule has 44 heavy (non-hydrogen) atoms. The molecule has 0 saturated heterocycles. The fraction of sp³-hybridized carbons (Fsp3) is 0.485. The molecule has 0 aliphatic heterocycles. The van der Waals surface area contributed by atoms with E-state index in [1.54, 1.807) is 22.8 Å². The molecule has 0 aliphatic rings. The molecule has 0 bridgehead atoms. The average Bonchev–Trinajstić information content (AvgIpc) is 2.98. The van der Waals surface area contributed by atoms with Crippen LogP contribution < -0.4 is 20.4 Å². The summed E-state index contributed by atoms with van der Waals surface area (Å²) in [5, 5.41) is 3.64. The Morgan fingerprint density at radius 2 is 1.84 bits per heavy atom. The summed E-state index contributed by atoms with van der Waals surface area (Å²) in [6.07, 6.45) is 8.05. The van der Waals surface area contributed by atoms with Crippen molar-refractivity contribution in [2.24, 2.45) is 5.92 Å². The van der Waals surface area contributed by atoms with Gasteiger partial charge < -0.3 is 23.9 Å². The summed E-state index contributed by atoms with van der Waals surface area (Å²) < 4.78 is 47.8. The molecular formula is C33H45N3O7S. The number of fused-ring (bicyclic) bond motifs is 1. The number of hydrogen-bond acceptors (Lipinski definition) is 8. The van der Waals surface area contributed by atoms with E-state index >= 15 is 0 Å². The lowest BCUT2D eigenvalue weighted by atomic mass is 10.1. The molecule has 2 aromatic heterocycles. The van der Waals surface area contributed by atoms with Crippen molar-refractivity contribution in [1.29, 1.82) is 0 Å². The maximum atomic E-state index is 12.8. The van der Waals surface area contributed by atoms with Crippen LogP contribution in [0.5, 0.6) is 0 Å².